The largest absolute Gasteiger partial charge is 0.382 e. The standard InChI is InChI=1S/C34H51N3O/c1-6-10-28(5)32-15-13-29(7-2)24-34(32)37-21-20-36(33-23-27(4)12-14-31(33)26-37)19-18-35-17-9-11-30(25-35)16-22-38-8-3/h7,12-15,23-24,28,30H,2,6,8-11,16-22,25-26H2,1,3-5H3. The third-order valence-corrected chi connectivity index (χ3v) is 8.63. The summed E-state index contributed by atoms with van der Waals surface area (Å²) in [5, 5.41) is 0. The van der Waals surface area contributed by atoms with Crippen LogP contribution in [0.1, 0.15) is 81.0 Å². The van der Waals surface area contributed by atoms with Crippen LogP contribution in [0.25, 0.3) is 6.08 Å². The van der Waals surface area contributed by atoms with E-state index in [1.165, 1.54) is 78.8 Å². The highest BCUT2D eigenvalue weighted by molar-refractivity contribution is 5.65. The van der Waals surface area contributed by atoms with E-state index in [0.29, 0.717) is 5.92 Å². The number of piperidine rings is 1. The first-order chi connectivity index (χ1) is 18.5. The van der Waals surface area contributed by atoms with Gasteiger partial charge in [-0.05, 0) is 92.3 Å². The number of hydrogen-bond donors (Lipinski definition) is 0. The molecule has 1 saturated heterocycles. The van der Waals surface area contributed by atoms with Crippen molar-refractivity contribution in [2.45, 2.75) is 72.3 Å². The molecule has 4 rings (SSSR count). The summed E-state index contributed by atoms with van der Waals surface area (Å²) in [6, 6.07) is 14.0. The summed E-state index contributed by atoms with van der Waals surface area (Å²) in [6.07, 6.45) is 8.29. The minimum Gasteiger partial charge on any atom is -0.382 e. The molecule has 2 aromatic rings. The van der Waals surface area contributed by atoms with Gasteiger partial charge in [-0.3, -0.25) is 0 Å². The van der Waals surface area contributed by atoms with E-state index in [-0.39, 0.29) is 0 Å². The maximum atomic E-state index is 5.65. The van der Waals surface area contributed by atoms with Crippen LogP contribution in [0.4, 0.5) is 11.4 Å². The van der Waals surface area contributed by atoms with Gasteiger partial charge in [0.2, 0.25) is 0 Å². The molecule has 0 amide bonds. The zero-order valence-corrected chi connectivity index (χ0v) is 24.6. The molecular formula is C34H51N3O. The van der Waals surface area contributed by atoms with Crippen LogP contribution in [0, 0.1) is 12.8 Å². The van der Waals surface area contributed by atoms with Crippen LogP contribution in [0.5, 0.6) is 0 Å². The van der Waals surface area contributed by atoms with Gasteiger partial charge >= 0.3 is 0 Å². The van der Waals surface area contributed by atoms with Gasteiger partial charge in [-0.15, -0.1) is 0 Å². The number of anilines is 2. The summed E-state index contributed by atoms with van der Waals surface area (Å²) < 4.78 is 5.65. The maximum absolute atomic E-state index is 5.65. The van der Waals surface area contributed by atoms with Crippen LogP contribution in [0.3, 0.4) is 0 Å². The highest BCUT2D eigenvalue weighted by Crippen LogP contribution is 2.35. The topological polar surface area (TPSA) is 19.0 Å². The summed E-state index contributed by atoms with van der Waals surface area (Å²) >= 11 is 0. The molecule has 0 radical (unpaired) electrons. The number of benzene rings is 2. The molecule has 0 N–H and O–H groups in total. The fraction of sp³-hybridized carbons (Fsp3) is 0.588. The molecule has 2 unspecified atom stereocenters. The summed E-state index contributed by atoms with van der Waals surface area (Å²) in [4.78, 5) is 8.00. The van der Waals surface area contributed by atoms with Gasteiger partial charge in [0, 0.05) is 63.9 Å². The Morgan fingerprint density at radius 3 is 2.71 bits per heavy atom. The second kappa shape index (κ2) is 14.2. The first kappa shape index (κ1) is 28.7. The lowest BCUT2D eigenvalue weighted by Crippen LogP contribution is -2.42. The van der Waals surface area contributed by atoms with Gasteiger partial charge in [0.1, 0.15) is 0 Å². The summed E-state index contributed by atoms with van der Waals surface area (Å²) in [5.74, 6) is 1.34. The smallest absolute Gasteiger partial charge is 0.0469 e. The van der Waals surface area contributed by atoms with Crippen molar-refractivity contribution in [1.29, 1.82) is 0 Å². The zero-order valence-electron chi connectivity index (χ0n) is 24.6. The van der Waals surface area contributed by atoms with Crippen molar-refractivity contribution in [2.75, 3.05) is 62.3 Å². The molecule has 0 aromatic heterocycles. The molecule has 4 nitrogen and oxygen atoms in total. The van der Waals surface area contributed by atoms with Crippen LogP contribution >= 0.6 is 0 Å². The molecule has 2 heterocycles. The fourth-order valence-electron chi connectivity index (χ4n) is 6.40. The molecule has 1 fully saturated rings. The number of ether oxygens (including phenoxy) is 1. The van der Waals surface area contributed by atoms with Gasteiger partial charge < -0.3 is 19.4 Å². The molecule has 0 spiro atoms. The summed E-state index contributed by atoms with van der Waals surface area (Å²) in [5.41, 5.74) is 8.31. The Kier molecular flexibility index (Phi) is 10.7. The van der Waals surface area contributed by atoms with E-state index in [1.807, 2.05) is 6.08 Å². The second-order valence-electron chi connectivity index (χ2n) is 11.5. The van der Waals surface area contributed by atoms with Gasteiger partial charge in [0.05, 0.1) is 0 Å². The predicted octanol–water partition coefficient (Wildman–Crippen LogP) is 7.51. The van der Waals surface area contributed by atoms with Crippen molar-refractivity contribution < 1.29 is 4.74 Å². The number of nitrogens with zero attached hydrogens (tertiary/aromatic N) is 3. The van der Waals surface area contributed by atoms with Crippen molar-refractivity contribution in [3.63, 3.8) is 0 Å². The Morgan fingerprint density at radius 1 is 1.05 bits per heavy atom. The molecule has 0 bridgehead atoms. The lowest BCUT2D eigenvalue weighted by Gasteiger charge is -2.35. The summed E-state index contributed by atoms with van der Waals surface area (Å²) in [7, 11) is 0. The highest BCUT2D eigenvalue weighted by atomic mass is 16.5. The SMILES string of the molecule is C=Cc1ccc(C(C)CCC)c(N2CCN(CCN3CCCC(CCOCC)C3)c3cc(C)ccc3C2)c1. The van der Waals surface area contributed by atoms with Crippen LogP contribution < -0.4 is 9.80 Å². The van der Waals surface area contributed by atoms with E-state index in [0.717, 1.165) is 51.9 Å². The first-order valence-electron chi connectivity index (χ1n) is 15.2. The lowest BCUT2D eigenvalue weighted by atomic mass is 9.93. The Labute approximate surface area is 232 Å². The average molecular weight is 518 g/mol. The van der Waals surface area contributed by atoms with Gasteiger partial charge in [-0.2, -0.15) is 0 Å². The number of rotatable bonds is 12. The third kappa shape index (κ3) is 7.42. The average Bonchev–Trinajstić information content (AvgIpc) is 3.11. The van der Waals surface area contributed by atoms with Crippen molar-refractivity contribution >= 4 is 17.5 Å². The van der Waals surface area contributed by atoms with Crippen molar-refractivity contribution in [1.82, 2.24) is 4.90 Å². The number of fused-ring (bicyclic) bond motifs is 1. The molecule has 0 aliphatic carbocycles. The quantitative estimate of drug-likeness (QED) is 0.271. The molecule has 2 aliphatic heterocycles. The van der Waals surface area contributed by atoms with Crippen LogP contribution in [0.2, 0.25) is 0 Å². The van der Waals surface area contributed by atoms with Gasteiger partial charge in [0.15, 0.2) is 0 Å². The highest BCUT2D eigenvalue weighted by Gasteiger charge is 2.25. The first-order valence-corrected chi connectivity index (χ1v) is 15.2. The van der Waals surface area contributed by atoms with Gasteiger partial charge in [-0.1, -0.05) is 57.2 Å². The normalized spacial score (nSPS) is 19.2. The number of hydrogen-bond acceptors (Lipinski definition) is 4. The fourth-order valence-corrected chi connectivity index (χ4v) is 6.40. The minimum absolute atomic E-state index is 0.556. The molecule has 0 saturated carbocycles. The van der Waals surface area contributed by atoms with E-state index >= 15 is 0 Å². The van der Waals surface area contributed by atoms with Crippen molar-refractivity contribution in [3.05, 3.63) is 65.2 Å². The van der Waals surface area contributed by atoms with Gasteiger partial charge in [0.25, 0.3) is 0 Å². The third-order valence-electron chi connectivity index (χ3n) is 8.63. The number of likely N-dealkylation sites (tertiary alicyclic amines) is 1. The molecule has 2 aromatic carbocycles. The molecule has 208 valence electrons. The monoisotopic (exact) mass is 517 g/mol. The van der Waals surface area contributed by atoms with Gasteiger partial charge in [-0.25, -0.2) is 0 Å². The molecule has 38 heavy (non-hydrogen) atoms. The number of aryl methyl sites for hydroxylation is 1. The lowest BCUT2D eigenvalue weighted by molar-refractivity contribution is 0.105. The zero-order chi connectivity index (χ0) is 26.9. The maximum Gasteiger partial charge on any atom is 0.0469 e. The summed E-state index contributed by atoms with van der Waals surface area (Å²) in [6.45, 7) is 22.6. The Hall–Kier alpha value is -2.30. The Morgan fingerprint density at radius 2 is 1.92 bits per heavy atom. The van der Waals surface area contributed by atoms with Crippen LogP contribution in [-0.4, -0.2) is 57.4 Å². The van der Waals surface area contributed by atoms with E-state index < -0.39 is 0 Å². The van der Waals surface area contributed by atoms with Crippen LogP contribution in [0.15, 0.2) is 43.0 Å². The predicted molar refractivity (Wildman–Crippen MR) is 165 cm³/mol. The second-order valence-corrected chi connectivity index (χ2v) is 11.5. The molecule has 4 heteroatoms. The van der Waals surface area contributed by atoms with E-state index in [2.05, 4.69) is 85.4 Å². The van der Waals surface area contributed by atoms with Crippen molar-refractivity contribution in [3.8, 4) is 0 Å². The van der Waals surface area contributed by atoms with E-state index in [9.17, 15) is 0 Å². The Balaban J connectivity index is 1.51. The minimum atomic E-state index is 0.556. The molecule has 2 aliphatic rings. The Bertz CT molecular complexity index is 1030. The molecule has 2 atom stereocenters. The van der Waals surface area contributed by atoms with E-state index in [1.54, 1.807) is 0 Å². The van der Waals surface area contributed by atoms with E-state index in [4.69, 9.17) is 4.74 Å². The molecular weight excluding hydrogens is 466 g/mol. The van der Waals surface area contributed by atoms with Crippen molar-refractivity contribution in [2.24, 2.45) is 5.92 Å². The van der Waals surface area contributed by atoms with Crippen LogP contribution in [-0.2, 0) is 11.3 Å².